The molecule has 0 aromatic heterocycles. The second-order valence-corrected chi connectivity index (χ2v) is 12.5. The number of halogens is 1. The summed E-state index contributed by atoms with van der Waals surface area (Å²) in [4.78, 5) is 13.3. The van der Waals surface area contributed by atoms with E-state index in [-0.39, 0.29) is 11.4 Å². The lowest BCUT2D eigenvalue weighted by atomic mass is 9.97. The molecule has 0 spiro atoms. The maximum Gasteiger partial charge on any atom is 0.243 e. The number of nitroso groups, excluding NO2 is 1. The Bertz CT molecular complexity index is 1110. The predicted octanol–water partition coefficient (Wildman–Crippen LogP) is 5.11. The quantitative estimate of drug-likeness (QED) is 0.432. The predicted molar refractivity (Wildman–Crippen MR) is 139 cm³/mol. The smallest absolute Gasteiger partial charge is 0.243 e. The van der Waals surface area contributed by atoms with E-state index in [1.54, 1.807) is 38.1 Å². The van der Waals surface area contributed by atoms with Crippen molar-refractivity contribution in [2.24, 2.45) is 11.1 Å². The minimum atomic E-state index is -3.65. The van der Waals surface area contributed by atoms with Crippen molar-refractivity contribution >= 4 is 10.0 Å². The van der Waals surface area contributed by atoms with Gasteiger partial charge in [0.25, 0.3) is 0 Å². The molecule has 1 atom stereocenters. The highest BCUT2D eigenvalue weighted by Crippen LogP contribution is 2.27. The van der Waals surface area contributed by atoms with E-state index >= 15 is 0 Å². The molecule has 2 fully saturated rings. The summed E-state index contributed by atoms with van der Waals surface area (Å²) in [5.41, 5.74) is 0.720. The van der Waals surface area contributed by atoms with E-state index < -0.39 is 21.7 Å². The van der Waals surface area contributed by atoms with Crippen molar-refractivity contribution in [2.45, 2.75) is 56.1 Å². The molecular formula is C27H36FN3O4S. The highest BCUT2D eigenvalue weighted by atomic mass is 32.2. The Balaban J connectivity index is 1.30. The van der Waals surface area contributed by atoms with Gasteiger partial charge in [0.2, 0.25) is 10.0 Å². The molecule has 0 radical (unpaired) electrons. The van der Waals surface area contributed by atoms with Crippen LogP contribution in [0.3, 0.4) is 0 Å². The van der Waals surface area contributed by atoms with Gasteiger partial charge in [0.1, 0.15) is 17.5 Å². The number of benzene rings is 2. The maximum atomic E-state index is 13.9. The molecule has 0 N–H and O–H groups in total. The van der Waals surface area contributed by atoms with Gasteiger partial charge in [-0.3, -0.25) is 0 Å². The number of piperidine rings is 2. The highest BCUT2D eigenvalue weighted by Gasteiger charge is 2.31. The minimum Gasteiger partial charge on any atom is -0.493 e. The highest BCUT2D eigenvalue weighted by molar-refractivity contribution is 7.89. The zero-order valence-corrected chi connectivity index (χ0v) is 21.9. The molecule has 2 aromatic carbocycles. The first kappa shape index (κ1) is 26.7. The van der Waals surface area contributed by atoms with Crippen LogP contribution in [0, 0.1) is 10.8 Å². The largest absolute Gasteiger partial charge is 0.493 e. The molecule has 2 aliphatic heterocycles. The molecule has 2 saturated heterocycles. The van der Waals surface area contributed by atoms with E-state index in [2.05, 4.69) is 10.1 Å². The van der Waals surface area contributed by atoms with Gasteiger partial charge < -0.3 is 9.64 Å². The van der Waals surface area contributed by atoms with Crippen molar-refractivity contribution in [2.75, 3.05) is 39.3 Å². The van der Waals surface area contributed by atoms with Crippen LogP contribution in [-0.4, -0.2) is 68.7 Å². The van der Waals surface area contributed by atoms with Crippen molar-refractivity contribution in [3.8, 4) is 16.9 Å². The lowest BCUT2D eigenvalue weighted by Crippen LogP contribution is -2.41. The summed E-state index contributed by atoms with van der Waals surface area (Å²) in [6, 6.07) is 14.2. The first-order valence-corrected chi connectivity index (χ1v) is 14.2. The van der Waals surface area contributed by atoms with E-state index in [4.69, 9.17) is 4.74 Å². The monoisotopic (exact) mass is 517 g/mol. The van der Waals surface area contributed by atoms with E-state index in [0.29, 0.717) is 38.5 Å². The Morgan fingerprint density at radius 1 is 0.972 bits per heavy atom. The van der Waals surface area contributed by atoms with Crippen molar-refractivity contribution in [1.82, 2.24) is 9.21 Å². The molecule has 2 aliphatic rings. The molecule has 2 aromatic rings. The third-order valence-corrected chi connectivity index (χ3v) is 8.86. The third-order valence-electron chi connectivity index (χ3n) is 6.98. The van der Waals surface area contributed by atoms with E-state index in [1.165, 1.54) is 4.31 Å². The third kappa shape index (κ3) is 6.89. The van der Waals surface area contributed by atoms with Crippen LogP contribution in [0.1, 0.15) is 39.5 Å². The van der Waals surface area contributed by atoms with E-state index in [0.717, 1.165) is 42.8 Å². The first-order chi connectivity index (χ1) is 17.1. The first-order valence-electron chi connectivity index (χ1n) is 12.7. The van der Waals surface area contributed by atoms with Crippen LogP contribution in [0.5, 0.6) is 5.75 Å². The van der Waals surface area contributed by atoms with Crippen LogP contribution >= 0.6 is 0 Å². The number of nitrogens with zero attached hydrogens (tertiary/aromatic N) is 3. The van der Waals surface area contributed by atoms with Gasteiger partial charge in [-0.25, -0.2) is 12.8 Å². The van der Waals surface area contributed by atoms with Gasteiger partial charge in [-0.15, -0.1) is 0 Å². The molecule has 0 bridgehead atoms. The number of alkyl halides is 1. The summed E-state index contributed by atoms with van der Waals surface area (Å²) >= 11 is 0. The summed E-state index contributed by atoms with van der Waals surface area (Å²) in [6.45, 7) is 6.73. The van der Waals surface area contributed by atoms with Crippen molar-refractivity contribution in [3.63, 3.8) is 0 Å². The Hall–Kier alpha value is -2.36. The van der Waals surface area contributed by atoms with Crippen LogP contribution < -0.4 is 4.74 Å². The normalized spacial score (nSPS) is 20.8. The maximum absolute atomic E-state index is 13.9. The standard InChI is InChI=1S/C27H36FN3O4S/c1-27(2,28)20-30-16-13-21(14-17-30)19-35-25-9-5-22(6-10-25)23-7-11-26(12-8-23)36(33,34)31-15-3-4-24(18-31)29-32/h5-12,21,24H,3-4,13-20H2,1-2H3. The fourth-order valence-electron chi connectivity index (χ4n) is 4.99. The number of likely N-dealkylation sites (tertiary alicyclic amines) is 1. The fraction of sp³-hybridized carbons (Fsp3) is 0.556. The number of hydrogen-bond acceptors (Lipinski definition) is 6. The van der Waals surface area contributed by atoms with Gasteiger partial charge in [0.15, 0.2) is 0 Å². The molecule has 0 saturated carbocycles. The van der Waals surface area contributed by atoms with Gasteiger partial charge in [0, 0.05) is 19.6 Å². The average molecular weight is 518 g/mol. The Kier molecular flexibility index (Phi) is 8.42. The van der Waals surface area contributed by atoms with Crippen molar-refractivity contribution in [3.05, 3.63) is 53.4 Å². The summed E-state index contributed by atoms with van der Waals surface area (Å²) in [5.74, 6) is 1.27. The zero-order valence-electron chi connectivity index (χ0n) is 21.1. The summed E-state index contributed by atoms with van der Waals surface area (Å²) in [5, 5.41) is 3.04. The number of sulfonamides is 1. The second-order valence-electron chi connectivity index (χ2n) is 10.6. The fourth-order valence-corrected chi connectivity index (χ4v) is 6.51. The molecular weight excluding hydrogens is 481 g/mol. The molecule has 36 heavy (non-hydrogen) atoms. The van der Waals surface area contributed by atoms with Gasteiger partial charge in [-0.1, -0.05) is 29.4 Å². The number of ether oxygens (including phenoxy) is 1. The van der Waals surface area contributed by atoms with Crippen molar-refractivity contribution < 1.29 is 17.5 Å². The SMILES string of the molecule is CC(C)(F)CN1CCC(COc2ccc(-c3ccc(S(=O)(=O)N4CCCC(N=O)C4)cc3)cc2)CC1. The van der Waals surface area contributed by atoms with Crippen LogP contribution in [0.25, 0.3) is 11.1 Å². The average Bonchev–Trinajstić information content (AvgIpc) is 2.88. The van der Waals surface area contributed by atoms with Crippen LogP contribution in [0.4, 0.5) is 4.39 Å². The molecule has 1 unspecified atom stereocenters. The van der Waals surface area contributed by atoms with Gasteiger partial charge in [-0.2, -0.15) is 9.21 Å². The minimum absolute atomic E-state index is 0.143. The molecule has 4 rings (SSSR count). The Morgan fingerprint density at radius 3 is 2.17 bits per heavy atom. The Labute approximate surface area is 213 Å². The topological polar surface area (TPSA) is 79.3 Å². The summed E-state index contributed by atoms with van der Waals surface area (Å²) in [7, 11) is -3.65. The van der Waals surface area contributed by atoms with Crippen LogP contribution in [0.15, 0.2) is 58.6 Å². The van der Waals surface area contributed by atoms with Gasteiger partial charge in [0.05, 0.1) is 11.5 Å². The van der Waals surface area contributed by atoms with Crippen molar-refractivity contribution in [1.29, 1.82) is 0 Å². The van der Waals surface area contributed by atoms with Crippen LogP contribution in [0.2, 0.25) is 0 Å². The molecule has 9 heteroatoms. The molecule has 196 valence electrons. The summed E-state index contributed by atoms with van der Waals surface area (Å²) in [6.07, 6.45) is 3.28. The number of hydrogen-bond donors (Lipinski definition) is 0. The molecule has 0 amide bonds. The molecule has 7 nitrogen and oxygen atoms in total. The van der Waals surface area contributed by atoms with E-state index in [1.807, 2.05) is 24.3 Å². The Morgan fingerprint density at radius 2 is 1.58 bits per heavy atom. The number of rotatable bonds is 9. The van der Waals surface area contributed by atoms with E-state index in [9.17, 15) is 17.7 Å². The summed E-state index contributed by atoms with van der Waals surface area (Å²) < 4.78 is 47.2. The zero-order chi connectivity index (χ0) is 25.8. The molecule has 0 aliphatic carbocycles. The lowest BCUT2D eigenvalue weighted by molar-refractivity contribution is 0.0836. The lowest BCUT2D eigenvalue weighted by Gasteiger charge is -2.34. The molecule has 2 heterocycles. The van der Waals surface area contributed by atoms with Crippen LogP contribution in [-0.2, 0) is 10.0 Å². The second kappa shape index (κ2) is 11.4. The van der Waals surface area contributed by atoms with Gasteiger partial charge >= 0.3 is 0 Å². The van der Waals surface area contributed by atoms with Gasteiger partial charge in [-0.05, 0) is 93.9 Å².